The molecule has 0 atom stereocenters. The first-order chi connectivity index (χ1) is 12.2. The second-order valence-corrected chi connectivity index (χ2v) is 7.48. The largest absolute Gasteiger partial charge is 0.478 e. The number of carbonyl (C=O) groups is 3. The number of aromatic carboxylic acids is 1. The number of carboxylic acid groups (broad SMARTS) is 1. The van der Waals surface area contributed by atoms with E-state index in [0.717, 1.165) is 0 Å². The van der Waals surface area contributed by atoms with Gasteiger partial charge in [0, 0.05) is 5.57 Å². The zero-order chi connectivity index (χ0) is 19.4. The summed E-state index contributed by atoms with van der Waals surface area (Å²) in [5.41, 5.74) is 0.638. The first kappa shape index (κ1) is 20.4. The summed E-state index contributed by atoms with van der Waals surface area (Å²) in [4.78, 5) is 34.8. The third-order valence-electron chi connectivity index (χ3n) is 3.09. The van der Waals surface area contributed by atoms with E-state index >= 15 is 0 Å². The predicted molar refractivity (Wildman–Crippen MR) is 111 cm³/mol. The predicted octanol–water partition coefficient (Wildman–Crippen LogP) is 4.29. The number of carboxylic acids is 1. The molecule has 0 aliphatic heterocycles. The van der Waals surface area contributed by atoms with E-state index in [4.69, 9.17) is 14.6 Å². The van der Waals surface area contributed by atoms with Crippen molar-refractivity contribution < 1.29 is 29.0 Å². The lowest BCUT2D eigenvalue weighted by Gasteiger charge is -2.11. The third-order valence-corrected chi connectivity index (χ3v) is 4.69. The van der Waals surface area contributed by atoms with Crippen molar-refractivity contribution in [1.29, 1.82) is 0 Å². The van der Waals surface area contributed by atoms with Crippen LogP contribution >= 0.6 is 45.2 Å². The number of carbonyl (C=O) groups excluding carboxylic acids is 2. The highest BCUT2D eigenvalue weighted by molar-refractivity contribution is 14.1. The summed E-state index contributed by atoms with van der Waals surface area (Å²) in [6, 6.07) is 8.58. The zero-order valence-corrected chi connectivity index (χ0v) is 17.7. The van der Waals surface area contributed by atoms with Gasteiger partial charge >= 0.3 is 17.9 Å². The van der Waals surface area contributed by atoms with Crippen LogP contribution in [0.25, 0.3) is 0 Å². The Kier molecular flexibility index (Phi) is 6.75. The van der Waals surface area contributed by atoms with Gasteiger partial charge in [-0.3, -0.25) is 0 Å². The van der Waals surface area contributed by atoms with Gasteiger partial charge in [0.1, 0.15) is 5.75 Å². The Morgan fingerprint density at radius 3 is 1.96 bits per heavy atom. The lowest BCUT2D eigenvalue weighted by molar-refractivity contribution is -0.130. The Labute approximate surface area is 176 Å². The molecule has 0 bridgehead atoms. The molecular weight excluding hydrogens is 566 g/mol. The summed E-state index contributed by atoms with van der Waals surface area (Å²) in [6.07, 6.45) is 0. The highest BCUT2D eigenvalue weighted by atomic mass is 127. The van der Waals surface area contributed by atoms with Crippen molar-refractivity contribution in [1.82, 2.24) is 0 Å². The van der Waals surface area contributed by atoms with Crippen LogP contribution in [0.15, 0.2) is 48.6 Å². The standard InChI is InChI=1S/C18H12I2O6/c1-9(2)17(23)26-15-13(19)7-11(8-14(15)20)18(24)25-12-5-3-10(4-6-12)16(21)22/h3-8H,1H2,2H3,(H,21,22). The number of rotatable bonds is 5. The number of ether oxygens (including phenoxy) is 2. The average Bonchev–Trinajstić information content (AvgIpc) is 2.57. The van der Waals surface area contributed by atoms with Gasteiger partial charge in [0.2, 0.25) is 0 Å². The Hall–Kier alpha value is -1.95. The topological polar surface area (TPSA) is 89.9 Å². The molecule has 0 amide bonds. The summed E-state index contributed by atoms with van der Waals surface area (Å²) in [7, 11) is 0. The van der Waals surface area contributed by atoms with Crippen molar-refractivity contribution in [3.63, 3.8) is 0 Å². The molecule has 0 aromatic heterocycles. The maximum absolute atomic E-state index is 12.3. The van der Waals surface area contributed by atoms with Crippen LogP contribution in [0.1, 0.15) is 27.6 Å². The van der Waals surface area contributed by atoms with Crippen molar-refractivity contribution in [2.75, 3.05) is 0 Å². The monoisotopic (exact) mass is 578 g/mol. The van der Waals surface area contributed by atoms with Crippen molar-refractivity contribution in [2.24, 2.45) is 0 Å². The molecule has 0 unspecified atom stereocenters. The Morgan fingerprint density at radius 1 is 0.962 bits per heavy atom. The number of benzene rings is 2. The molecule has 6 nitrogen and oxygen atoms in total. The molecule has 0 aliphatic rings. The van der Waals surface area contributed by atoms with Gasteiger partial charge in [-0.15, -0.1) is 0 Å². The van der Waals surface area contributed by atoms with Gasteiger partial charge < -0.3 is 14.6 Å². The Balaban J connectivity index is 2.20. The van der Waals surface area contributed by atoms with E-state index in [1.54, 1.807) is 6.92 Å². The minimum atomic E-state index is -1.06. The number of esters is 2. The van der Waals surface area contributed by atoms with Gasteiger partial charge in [-0.2, -0.15) is 0 Å². The van der Waals surface area contributed by atoms with Gasteiger partial charge in [-0.1, -0.05) is 6.58 Å². The lowest BCUT2D eigenvalue weighted by Crippen LogP contribution is -2.13. The molecule has 8 heteroatoms. The first-order valence-electron chi connectivity index (χ1n) is 7.11. The highest BCUT2D eigenvalue weighted by Crippen LogP contribution is 2.30. The van der Waals surface area contributed by atoms with Gasteiger partial charge in [0.05, 0.1) is 18.3 Å². The van der Waals surface area contributed by atoms with Gasteiger partial charge in [0.25, 0.3) is 0 Å². The SMILES string of the molecule is C=C(C)C(=O)Oc1c(I)cc(C(=O)Oc2ccc(C(=O)O)cc2)cc1I. The molecule has 2 aromatic carbocycles. The van der Waals surface area contributed by atoms with Crippen molar-refractivity contribution >= 4 is 63.1 Å². The molecule has 0 saturated heterocycles. The van der Waals surface area contributed by atoms with Crippen LogP contribution in [0, 0.1) is 7.14 Å². The molecule has 2 aromatic rings. The number of hydrogen-bond donors (Lipinski definition) is 1. The Bertz CT molecular complexity index is 879. The maximum Gasteiger partial charge on any atom is 0.343 e. The van der Waals surface area contributed by atoms with Crippen molar-refractivity contribution in [3.05, 3.63) is 66.8 Å². The maximum atomic E-state index is 12.3. The van der Waals surface area contributed by atoms with E-state index in [1.165, 1.54) is 36.4 Å². The van der Waals surface area contributed by atoms with Crippen LogP contribution in [-0.4, -0.2) is 23.0 Å². The fraction of sp³-hybridized carbons (Fsp3) is 0.0556. The summed E-state index contributed by atoms with van der Waals surface area (Å²) < 4.78 is 11.6. The molecule has 0 heterocycles. The van der Waals surface area contributed by atoms with Gasteiger partial charge in [-0.25, -0.2) is 14.4 Å². The van der Waals surface area contributed by atoms with E-state index in [2.05, 4.69) is 6.58 Å². The normalized spacial score (nSPS) is 10.1. The van der Waals surface area contributed by atoms with E-state index in [9.17, 15) is 14.4 Å². The molecule has 2 rings (SSSR count). The molecule has 0 spiro atoms. The van der Waals surface area contributed by atoms with E-state index in [0.29, 0.717) is 12.9 Å². The minimum Gasteiger partial charge on any atom is -0.478 e. The van der Waals surface area contributed by atoms with E-state index < -0.39 is 17.9 Å². The van der Waals surface area contributed by atoms with Crippen LogP contribution in [0.5, 0.6) is 11.5 Å². The highest BCUT2D eigenvalue weighted by Gasteiger charge is 2.18. The zero-order valence-electron chi connectivity index (χ0n) is 13.4. The second kappa shape index (κ2) is 8.62. The molecule has 26 heavy (non-hydrogen) atoms. The molecule has 0 aliphatic carbocycles. The summed E-state index contributed by atoms with van der Waals surface area (Å²) >= 11 is 3.92. The average molecular weight is 578 g/mol. The van der Waals surface area contributed by atoms with Crippen LogP contribution in [0.3, 0.4) is 0 Å². The second-order valence-electron chi connectivity index (χ2n) is 5.16. The van der Waals surface area contributed by atoms with Crippen molar-refractivity contribution in [3.8, 4) is 11.5 Å². The minimum absolute atomic E-state index is 0.0950. The van der Waals surface area contributed by atoms with Crippen LogP contribution in [0.4, 0.5) is 0 Å². The molecule has 0 fully saturated rings. The fourth-order valence-corrected chi connectivity index (χ4v) is 3.77. The number of hydrogen-bond acceptors (Lipinski definition) is 5. The quantitative estimate of drug-likeness (QED) is 0.247. The van der Waals surface area contributed by atoms with Gasteiger partial charge in [-0.05, 0) is 88.5 Å². The van der Waals surface area contributed by atoms with E-state index in [1.807, 2.05) is 45.2 Å². The van der Waals surface area contributed by atoms with E-state index in [-0.39, 0.29) is 22.4 Å². The van der Waals surface area contributed by atoms with Crippen LogP contribution in [0.2, 0.25) is 0 Å². The van der Waals surface area contributed by atoms with Crippen LogP contribution in [-0.2, 0) is 4.79 Å². The molecule has 0 radical (unpaired) electrons. The first-order valence-corrected chi connectivity index (χ1v) is 9.27. The van der Waals surface area contributed by atoms with Crippen LogP contribution < -0.4 is 9.47 Å². The van der Waals surface area contributed by atoms with Gasteiger partial charge in [0.15, 0.2) is 5.75 Å². The molecule has 1 N–H and O–H groups in total. The molecular formula is C18H12I2O6. The molecule has 0 saturated carbocycles. The molecule has 134 valence electrons. The lowest BCUT2D eigenvalue weighted by atomic mass is 10.2. The fourth-order valence-electron chi connectivity index (χ4n) is 1.79. The smallest absolute Gasteiger partial charge is 0.343 e. The van der Waals surface area contributed by atoms with Crippen molar-refractivity contribution in [2.45, 2.75) is 6.92 Å². The Morgan fingerprint density at radius 2 is 1.50 bits per heavy atom. The third kappa shape index (κ3) is 5.04. The summed E-state index contributed by atoms with van der Waals surface area (Å²) in [5, 5.41) is 8.87. The number of halogens is 2. The summed E-state index contributed by atoms with van der Waals surface area (Å²) in [5.74, 6) is -1.65. The summed E-state index contributed by atoms with van der Waals surface area (Å²) in [6.45, 7) is 5.07.